The number of carbonyl (C=O) groups is 1. The number of pyridine rings is 1. The quantitative estimate of drug-likeness (QED) is 0.735. The Hall–Kier alpha value is -0.930. The second-order valence-electron chi connectivity index (χ2n) is 6.07. The molecule has 7 nitrogen and oxygen atoms in total. The van der Waals surface area contributed by atoms with Crippen molar-refractivity contribution < 1.29 is 13.2 Å². The summed E-state index contributed by atoms with van der Waals surface area (Å²) in [6.45, 7) is 4.58. The van der Waals surface area contributed by atoms with Crippen LogP contribution in [0.3, 0.4) is 0 Å². The van der Waals surface area contributed by atoms with Crippen LogP contribution in [0.15, 0.2) is 29.4 Å². The average molecular weight is 401 g/mol. The second kappa shape index (κ2) is 10.1. The van der Waals surface area contributed by atoms with Crippen molar-refractivity contribution in [2.75, 3.05) is 33.7 Å². The Labute approximate surface area is 156 Å². The Bertz CT molecular complexity index is 612. The van der Waals surface area contributed by atoms with Crippen LogP contribution in [0, 0.1) is 5.41 Å². The number of nitrogens with zero attached hydrogens (tertiary/aromatic N) is 3. The number of rotatable bonds is 7. The fourth-order valence-corrected chi connectivity index (χ4v) is 2.96. The van der Waals surface area contributed by atoms with E-state index >= 15 is 0 Å². The summed E-state index contributed by atoms with van der Waals surface area (Å²) in [5.41, 5.74) is 5.43. The van der Waals surface area contributed by atoms with Gasteiger partial charge in [0.2, 0.25) is 15.9 Å². The number of carbonyl (C=O) groups excluding carboxylic acids is 1. The fraction of sp³-hybridized carbons (Fsp3) is 0.571. The predicted molar refractivity (Wildman–Crippen MR) is 99.0 cm³/mol. The summed E-state index contributed by atoms with van der Waals surface area (Å²) in [4.78, 5) is 17.5. The zero-order valence-electron chi connectivity index (χ0n) is 14.3. The summed E-state index contributed by atoms with van der Waals surface area (Å²) in [6, 6.07) is 2.99. The summed E-state index contributed by atoms with van der Waals surface area (Å²) >= 11 is 0. The Morgan fingerprint density at radius 2 is 1.88 bits per heavy atom. The van der Waals surface area contributed by atoms with Crippen LogP contribution < -0.4 is 5.73 Å². The van der Waals surface area contributed by atoms with Gasteiger partial charge < -0.3 is 10.6 Å². The number of hydrogen-bond donors (Lipinski definition) is 1. The number of halogens is 2. The molecular formula is C14H26Cl2N4O3S. The van der Waals surface area contributed by atoms with Gasteiger partial charge in [0.25, 0.3) is 0 Å². The molecule has 0 spiro atoms. The van der Waals surface area contributed by atoms with Gasteiger partial charge in [-0.3, -0.25) is 9.78 Å². The van der Waals surface area contributed by atoms with Gasteiger partial charge in [-0.25, -0.2) is 8.42 Å². The first-order valence-electron chi connectivity index (χ1n) is 6.90. The molecule has 0 saturated carbocycles. The van der Waals surface area contributed by atoms with Gasteiger partial charge in [0, 0.05) is 33.0 Å². The largest absolute Gasteiger partial charge is 0.344 e. The number of aromatic nitrogens is 1. The van der Waals surface area contributed by atoms with E-state index in [0.29, 0.717) is 13.1 Å². The Morgan fingerprint density at radius 1 is 1.29 bits per heavy atom. The molecule has 0 fully saturated rings. The summed E-state index contributed by atoms with van der Waals surface area (Å²) < 4.78 is 25.7. The lowest BCUT2D eigenvalue weighted by Gasteiger charge is -2.30. The summed E-state index contributed by atoms with van der Waals surface area (Å²) in [6.07, 6.45) is 2.75. The van der Waals surface area contributed by atoms with Gasteiger partial charge in [-0.1, -0.05) is 13.8 Å². The Balaban J connectivity index is 0. The van der Waals surface area contributed by atoms with E-state index < -0.39 is 10.0 Å². The molecular weight excluding hydrogens is 375 g/mol. The van der Waals surface area contributed by atoms with Crippen LogP contribution in [0.2, 0.25) is 0 Å². The van der Waals surface area contributed by atoms with Crippen molar-refractivity contribution in [2.45, 2.75) is 18.7 Å². The highest BCUT2D eigenvalue weighted by Gasteiger charge is 2.26. The molecule has 1 amide bonds. The fourth-order valence-electron chi connectivity index (χ4n) is 1.87. The molecule has 10 heteroatoms. The van der Waals surface area contributed by atoms with Crippen molar-refractivity contribution in [1.82, 2.24) is 14.2 Å². The monoisotopic (exact) mass is 400 g/mol. The van der Waals surface area contributed by atoms with E-state index in [4.69, 9.17) is 5.73 Å². The van der Waals surface area contributed by atoms with Crippen molar-refractivity contribution in [3.05, 3.63) is 24.5 Å². The molecule has 1 aromatic rings. The van der Waals surface area contributed by atoms with Crippen molar-refractivity contribution in [3.63, 3.8) is 0 Å². The van der Waals surface area contributed by atoms with Gasteiger partial charge in [-0.15, -0.1) is 24.8 Å². The third kappa shape index (κ3) is 6.90. The van der Waals surface area contributed by atoms with Gasteiger partial charge in [-0.2, -0.15) is 4.31 Å². The van der Waals surface area contributed by atoms with Crippen molar-refractivity contribution in [3.8, 4) is 0 Å². The lowest BCUT2D eigenvalue weighted by molar-refractivity contribution is -0.131. The van der Waals surface area contributed by atoms with Gasteiger partial charge >= 0.3 is 0 Å². The summed E-state index contributed by atoms with van der Waals surface area (Å²) in [5, 5.41) is 0. The molecule has 0 atom stereocenters. The Morgan fingerprint density at radius 3 is 2.33 bits per heavy atom. The molecule has 1 heterocycles. The molecule has 0 radical (unpaired) electrons. The van der Waals surface area contributed by atoms with Gasteiger partial charge in [0.15, 0.2) is 0 Å². The molecule has 24 heavy (non-hydrogen) atoms. The maximum atomic E-state index is 12.3. The van der Waals surface area contributed by atoms with E-state index in [-0.39, 0.29) is 47.6 Å². The highest BCUT2D eigenvalue weighted by molar-refractivity contribution is 7.89. The number of likely N-dealkylation sites (N-methyl/N-ethyl adjacent to an activating group) is 2. The molecule has 0 saturated heterocycles. The van der Waals surface area contributed by atoms with E-state index in [1.165, 1.54) is 30.4 Å². The molecule has 0 aliphatic carbocycles. The van der Waals surface area contributed by atoms with Crippen LogP contribution in [0.1, 0.15) is 13.8 Å². The van der Waals surface area contributed by atoms with Gasteiger partial charge in [0.1, 0.15) is 4.90 Å². The van der Waals surface area contributed by atoms with Crippen LogP contribution in [0.25, 0.3) is 0 Å². The van der Waals surface area contributed by atoms with E-state index in [1.54, 1.807) is 13.1 Å². The van der Waals surface area contributed by atoms with Crippen molar-refractivity contribution in [1.29, 1.82) is 0 Å². The summed E-state index contributed by atoms with van der Waals surface area (Å²) in [5.74, 6) is -0.281. The lowest BCUT2D eigenvalue weighted by Crippen LogP contribution is -2.44. The summed E-state index contributed by atoms with van der Waals surface area (Å²) in [7, 11) is -0.698. The molecule has 0 aromatic carbocycles. The van der Waals surface area contributed by atoms with Crippen LogP contribution in [-0.4, -0.2) is 62.2 Å². The molecule has 0 unspecified atom stereocenters. The van der Waals surface area contributed by atoms with E-state index in [9.17, 15) is 13.2 Å². The number of hydrogen-bond acceptors (Lipinski definition) is 5. The molecule has 0 bridgehead atoms. The van der Waals surface area contributed by atoms with Crippen molar-refractivity contribution >= 4 is 40.7 Å². The molecule has 1 aromatic heterocycles. The minimum atomic E-state index is -3.72. The maximum absolute atomic E-state index is 12.3. The molecule has 2 N–H and O–H groups in total. The van der Waals surface area contributed by atoms with E-state index in [2.05, 4.69) is 4.98 Å². The van der Waals surface area contributed by atoms with Crippen LogP contribution >= 0.6 is 24.8 Å². The van der Waals surface area contributed by atoms with Gasteiger partial charge in [0.05, 0.1) is 6.54 Å². The first-order chi connectivity index (χ1) is 10.1. The van der Waals surface area contributed by atoms with Gasteiger partial charge in [-0.05, 0) is 24.1 Å². The van der Waals surface area contributed by atoms with E-state index in [1.807, 2.05) is 13.8 Å². The predicted octanol–water partition coefficient (Wildman–Crippen LogP) is 0.989. The van der Waals surface area contributed by atoms with Crippen LogP contribution in [0.5, 0.6) is 0 Å². The number of nitrogens with two attached hydrogens (primary N) is 1. The molecule has 0 aliphatic heterocycles. The minimum Gasteiger partial charge on any atom is -0.344 e. The lowest BCUT2D eigenvalue weighted by atomic mass is 9.93. The third-order valence-corrected chi connectivity index (χ3v) is 5.13. The Kier molecular flexibility index (Phi) is 10.7. The standard InChI is InChI=1S/C14H24N4O3S.2ClH/c1-14(2,10-15)11-17(3)13(19)9-18(4)22(20,21)12-6-5-7-16-8-12;;/h5-8H,9-11,15H2,1-4H3;2*1H. The second-order valence-corrected chi connectivity index (χ2v) is 8.11. The van der Waals surface area contributed by atoms with Crippen LogP contribution in [-0.2, 0) is 14.8 Å². The molecule has 1 rings (SSSR count). The first kappa shape index (κ1) is 25.3. The molecule has 0 aliphatic rings. The number of sulfonamides is 1. The highest BCUT2D eigenvalue weighted by atomic mass is 35.5. The maximum Gasteiger partial charge on any atom is 0.244 e. The third-order valence-electron chi connectivity index (χ3n) is 3.34. The molecule has 140 valence electrons. The SMILES string of the molecule is CN(CC(C)(C)CN)C(=O)CN(C)S(=O)(=O)c1cccnc1.Cl.Cl. The average Bonchev–Trinajstić information content (AvgIpc) is 2.47. The minimum absolute atomic E-state index is 0. The number of amides is 1. The zero-order valence-corrected chi connectivity index (χ0v) is 16.7. The first-order valence-corrected chi connectivity index (χ1v) is 8.34. The van der Waals surface area contributed by atoms with Crippen LogP contribution in [0.4, 0.5) is 0 Å². The smallest absolute Gasteiger partial charge is 0.244 e. The normalized spacial score (nSPS) is 11.4. The van der Waals surface area contributed by atoms with E-state index in [0.717, 1.165) is 4.31 Å². The zero-order chi connectivity index (χ0) is 17.0. The topological polar surface area (TPSA) is 96.6 Å². The van der Waals surface area contributed by atoms with Crippen molar-refractivity contribution in [2.24, 2.45) is 11.1 Å². The highest BCUT2D eigenvalue weighted by Crippen LogP contribution is 2.15.